The molecule has 134 valence electrons. The van der Waals surface area contributed by atoms with Crippen molar-refractivity contribution in [1.82, 2.24) is 0 Å². The average molecular weight is 410 g/mol. The Labute approximate surface area is 157 Å². The lowest BCUT2D eigenvalue weighted by Gasteiger charge is -2.20. The summed E-state index contributed by atoms with van der Waals surface area (Å²) in [6.07, 6.45) is -4.58. The van der Waals surface area contributed by atoms with E-state index in [-0.39, 0.29) is 21.3 Å². The molecule has 25 heavy (non-hydrogen) atoms. The number of benzene rings is 2. The largest absolute Gasteiger partial charge is 0.416 e. The molecule has 0 bridgehead atoms. The third-order valence-corrected chi connectivity index (χ3v) is 4.35. The Kier molecular flexibility index (Phi) is 5.33. The van der Waals surface area contributed by atoms with Gasteiger partial charge >= 0.3 is 6.18 Å². The molecule has 0 heterocycles. The van der Waals surface area contributed by atoms with Crippen LogP contribution in [0.5, 0.6) is 0 Å². The van der Waals surface area contributed by atoms with Gasteiger partial charge in [-0.15, -0.1) is 0 Å². The number of nitrogens with zero attached hydrogens (tertiary/aromatic N) is 1. The van der Waals surface area contributed by atoms with E-state index in [1.165, 1.54) is 18.2 Å². The Hall–Kier alpha value is -1.44. The summed E-state index contributed by atoms with van der Waals surface area (Å²) < 4.78 is 37.7. The van der Waals surface area contributed by atoms with Crippen LogP contribution >= 0.6 is 35.8 Å². The van der Waals surface area contributed by atoms with E-state index in [2.05, 4.69) is 12.6 Å². The zero-order chi connectivity index (χ0) is 19.2. The standard InChI is InChI=1S/C16H12Cl2F3NO2S/c1-15(2,25)10-5-8(3-4-13(10)22(23)24)14-11(17)6-9(7-12(14)18)16(19,20)21/h3-7,25H,1-2H3. The van der Waals surface area contributed by atoms with Gasteiger partial charge < -0.3 is 0 Å². The molecule has 0 spiro atoms. The summed E-state index contributed by atoms with van der Waals surface area (Å²) >= 11 is 16.4. The van der Waals surface area contributed by atoms with Gasteiger partial charge in [-0.05, 0) is 43.7 Å². The van der Waals surface area contributed by atoms with Gasteiger partial charge in [0.15, 0.2) is 0 Å². The van der Waals surface area contributed by atoms with E-state index < -0.39 is 21.4 Å². The van der Waals surface area contributed by atoms with Crippen LogP contribution in [0.2, 0.25) is 10.0 Å². The molecule has 0 aliphatic rings. The predicted octanol–water partition coefficient (Wildman–Crippen LogP) is 6.75. The van der Waals surface area contributed by atoms with E-state index >= 15 is 0 Å². The molecule has 0 radical (unpaired) electrons. The molecule has 9 heteroatoms. The molecule has 0 aromatic heterocycles. The van der Waals surface area contributed by atoms with E-state index in [1.807, 2.05) is 0 Å². The van der Waals surface area contributed by atoms with E-state index in [9.17, 15) is 23.3 Å². The zero-order valence-electron chi connectivity index (χ0n) is 13.0. The Morgan fingerprint density at radius 2 is 1.60 bits per heavy atom. The van der Waals surface area contributed by atoms with Gasteiger partial charge in [-0.3, -0.25) is 10.1 Å². The highest BCUT2D eigenvalue weighted by Gasteiger charge is 2.32. The van der Waals surface area contributed by atoms with Crippen molar-refractivity contribution in [2.24, 2.45) is 0 Å². The summed E-state index contributed by atoms with van der Waals surface area (Å²) in [5.41, 5.74) is -0.285. The summed E-state index contributed by atoms with van der Waals surface area (Å²) in [6.45, 7) is 3.33. The highest BCUT2D eigenvalue weighted by atomic mass is 35.5. The van der Waals surface area contributed by atoms with Crippen molar-refractivity contribution in [3.63, 3.8) is 0 Å². The zero-order valence-corrected chi connectivity index (χ0v) is 15.4. The van der Waals surface area contributed by atoms with Crippen LogP contribution in [0.3, 0.4) is 0 Å². The molecule has 0 amide bonds. The molecule has 0 N–H and O–H groups in total. The minimum atomic E-state index is -4.58. The Balaban J connectivity index is 2.70. The van der Waals surface area contributed by atoms with Crippen LogP contribution in [0.15, 0.2) is 30.3 Å². The summed E-state index contributed by atoms with van der Waals surface area (Å²) in [6, 6.07) is 5.66. The van der Waals surface area contributed by atoms with Crippen molar-refractivity contribution in [3.8, 4) is 11.1 Å². The van der Waals surface area contributed by atoms with Crippen molar-refractivity contribution in [2.45, 2.75) is 24.8 Å². The number of hydrogen-bond acceptors (Lipinski definition) is 3. The number of hydrogen-bond donors (Lipinski definition) is 1. The number of alkyl halides is 3. The quantitative estimate of drug-likeness (QED) is 0.346. The third kappa shape index (κ3) is 4.22. The van der Waals surface area contributed by atoms with Crippen LogP contribution in [-0.2, 0) is 10.9 Å². The van der Waals surface area contributed by atoms with Crippen molar-refractivity contribution in [2.75, 3.05) is 0 Å². The molecule has 0 fully saturated rings. The molecule has 0 aliphatic carbocycles. The van der Waals surface area contributed by atoms with Crippen molar-refractivity contribution < 1.29 is 18.1 Å². The van der Waals surface area contributed by atoms with Crippen molar-refractivity contribution >= 4 is 41.5 Å². The summed E-state index contributed by atoms with van der Waals surface area (Å²) in [5.74, 6) is 0. The van der Waals surface area contributed by atoms with E-state index in [0.717, 1.165) is 12.1 Å². The lowest BCUT2D eigenvalue weighted by atomic mass is 9.94. The van der Waals surface area contributed by atoms with Crippen molar-refractivity contribution in [1.29, 1.82) is 0 Å². The summed E-state index contributed by atoms with van der Waals surface area (Å²) in [5, 5.41) is 10.8. The second kappa shape index (κ2) is 6.70. The van der Waals surface area contributed by atoms with Crippen LogP contribution in [-0.4, -0.2) is 4.92 Å². The highest BCUT2D eigenvalue weighted by Crippen LogP contribution is 2.43. The molecule has 0 atom stereocenters. The second-order valence-corrected chi connectivity index (χ2v) is 7.79. The molecule has 2 rings (SSSR count). The van der Waals surface area contributed by atoms with Gasteiger partial charge in [0.1, 0.15) is 0 Å². The van der Waals surface area contributed by atoms with E-state index in [0.29, 0.717) is 11.1 Å². The van der Waals surface area contributed by atoms with Gasteiger partial charge in [0.2, 0.25) is 0 Å². The van der Waals surface area contributed by atoms with Crippen molar-refractivity contribution in [3.05, 3.63) is 61.6 Å². The first-order valence-corrected chi connectivity index (χ1v) is 8.10. The first-order chi connectivity index (χ1) is 11.3. The summed E-state index contributed by atoms with van der Waals surface area (Å²) in [4.78, 5) is 10.7. The third-order valence-electron chi connectivity index (χ3n) is 3.51. The lowest BCUT2D eigenvalue weighted by Crippen LogP contribution is -2.11. The predicted molar refractivity (Wildman–Crippen MR) is 95.6 cm³/mol. The monoisotopic (exact) mass is 409 g/mol. The molecule has 0 unspecified atom stereocenters. The minimum Gasteiger partial charge on any atom is -0.258 e. The van der Waals surface area contributed by atoms with Gasteiger partial charge in [-0.1, -0.05) is 23.2 Å². The molecular weight excluding hydrogens is 398 g/mol. The maximum absolute atomic E-state index is 12.8. The smallest absolute Gasteiger partial charge is 0.258 e. The fraction of sp³-hybridized carbons (Fsp3) is 0.250. The molecule has 0 saturated carbocycles. The summed E-state index contributed by atoms with van der Waals surface area (Å²) in [7, 11) is 0. The van der Waals surface area contributed by atoms with Gasteiger partial charge in [0, 0.05) is 21.9 Å². The SMILES string of the molecule is CC(C)(S)c1cc(-c2c(Cl)cc(C(F)(F)F)cc2Cl)ccc1[N+](=O)[O-]. The van der Waals surface area contributed by atoms with Gasteiger partial charge in [0.25, 0.3) is 5.69 Å². The number of halogens is 5. The van der Waals surface area contributed by atoms with Crippen LogP contribution in [0.1, 0.15) is 25.0 Å². The molecule has 0 saturated heterocycles. The Morgan fingerprint density at radius 3 is 2.00 bits per heavy atom. The number of nitro benzene ring substituents is 1. The number of nitro groups is 1. The lowest BCUT2D eigenvalue weighted by molar-refractivity contribution is -0.385. The minimum absolute atomic E-state index is 0.150. The average Bonchev–Trinajstić information content (AvgIpc) is 2.44. The molecule has 2 aromatic carbocycles. The van der Waals surface area contributed by atoms with Gasteiger partial charge in [-0.25, -0.2) is 0 Å². The second-order valence-electron chi connectivity index (χ2n) is 5.86. The molecule has 2 aromatic rings. The maximum atomic E-state index is 12.8. The van der Waals surface area contributed by atoms with Gasteiger partial charge in [-0.2, -0.15) is 25.8 Å². The first-order valence-electron chi connectivity index (χ1n) is 6.90. The normalized spacial score (nSPS) is 12.3. The first kappa shape index (κ1) is 19.9. The topological polar surface area (TPSA) is 43.1 Å². The van der Waals surface area contributed by atoms with Gasteiger partial charge in [0.05, 0.1) is 20.5 Å². The molecular formula is C16H12Cl2F3NO2S. The molecule has 3 nitrogen and oxygen atoms in total. The fourth-order valence-corrected chi connectivity index (χ4v) is 3.24. The Morgan fingerprint density at radius 1 is 1.08 bits per heavy atom. The number of rotatable bonds is 3. The van der Waals surface area contributed by atoms with Crippen LogP contribution in [0.25, 0.3) is 11.1 Å². The Bertz CT molecular complexity index is 825. The highest BCUT2D eigenvalue weighted by molar-refractivity contribution is 7.81. The van der Waals surface area contributed by atoms with Crippen LogP contribution in [0.4, 0.5) is 18.9 Å². The van der Waals surface area contributed by atoms with E-state index in [4.69, 9.17) is 23.2 Å². The van der Waals surface area contributed by atoms with Crippen LogP contribution < -0.4 is 0 Å². The fourth-order valence-electron chi connectivity index (χ4n) is 2.35. The molecule has 0 aliphatic heterocycles. The van der Waals surface area contributed by atoms with E-state index in [1.54, 1.807) is 13.8 Å². The van der Waals surface area contributed by atoms with Crippen LogP contribution in [0, 0.1) is 10.1 Å². The number of thiol groups is 1. The maximum Gasteiger partial charge on any atom is 0.416 e.